The second-order valence-electron chi connectivity index (χ2n) is 13.8. The van der Waals surface area contributed by atoms with Crippen LogP contribution in [-0.4, -0.2) is 33.0 Å². The van der Waals surface area contributed by atoms with Crippen LogP contribution in [-0.2, 0) is 0 Å². The number of aliphatic hydroxyl groups excluding tert-OH is 1. The molecule has 0 rings (SSSR count). The second kappa shape index (κ2) is 30.3. The van der Waals surface area contributed by atoms with Gasteiger partial charge >= 0.3 is 0 Å². The van der Waals surface area contributed by atoms with E-state index in [-0.39, 0.29) is 12.3 Å². The van der Waals surface area contributed by atoms with Gasteiger partial charge in [-0.15, -0.1) is 0 Å². The Balaban J connectivity index is 0. The first-order chi connectivity index (χ1) is 19.0. The lowest BCUT2D eigenvalue weighted by atomic mass is 9.90. The third-order valence-electron chi connectivity index (χ3n) is 8.40. The highest BCUT2D eigenvalue weighted by Crippen LogP contribution is 2.23. The van der Waals surface area contributed by atoms with Crippen molar-refractivity contribution in [1.82, 2.24) is 0 Å². The number of hydrogen-bond acceptors (Lipinski definition) is 4. The van der Waals surface area contributed by atoms with E-state index in [9.17, 15) is 0 Å². The molecule has 0 aliphatic heterocycles. The third kappa shape index (κ3) is 37.8. The monoisotopic (exact) mass is 573 g/mol. The van der Waals surface area contributed by atoms with Gasteiger partial charge in [0.15, 0.2) is 0 Å². The van der Waals surface area contributed by atoms with Gasteiger partial charge in [0.1, 0.15) is 0 Å². The first-order valence-corrected chi connectivity index (χ1v) is 17.8. The minimum Gasteiger partial charge on any atom is -0.396 e. The van der Waals surface area contributed by atoms with E-state index in [0.717, 1.165) is 37.0 Å². The van der Waals surface area contributed by atoms with Gasteiger partial charge in [-0.25, -0.2) is 0 Å². The predicted octanol–water partition coefficient (Wildman–Crippen LogP) is 10.5. The molecule has 0 saturated heterocycles. The van der Waals surface area contributed by atoms with Gasteiger partial charge in [0.05, 0.1) is 0 Å². The molecule has 4 nitrogen and oxygen atoms in total. The van der Waals surface area contributed by atoms with E-state index in [2.05, 4.69) is 34.6 Å². The van der Waals surface area contributed by atoms with Crippen LogP contribution in [0.3, 0.4) is 0 Å². The van der Waals surface area contributed by atoms with Crippen molar-refractivity contribution in [1.29, 1.82) is 0 Å². The molecule has 0 aromatic heterocycles. The van der Waals surface area contributed by atoms with Crippen LogP contribution in [0.4, 0.5) is 0 Å². The predicted molar refractivity (Wildman–Crippen MR) is 175 cm³/mol. The number of hydrogen-bond donors (Lipinski definition) is 4. The van der Waals surface area contributed by atoms with E-state index in [0.29, 0.717) is 6.61 Å². The molecule has 3 atom stereocenters. The van der Waals surface area contributed by atoms with Gasteiger partial charge in [0, 0.05) is 13.0 Å². The lowest BCUT2D eigenvalue weighted by Crippen LogP contribution is -2.29. The van der Waals surface area contributed by atoms with Crippen molar-refractivity contribution in [2.45, 2.75) is 202 Å². The molecule has 0 heterocycles. The highest BCUT2D eigenvalue weighted by Gasteiger charge is 2.21. The Morgan fingerprint density at radius 2 is 0.750 bits per heavy atom. The van der Waals surface area contributed by atoms with Crippen molar-refractivity contribution in [2.24, 2.45) is 23.7 Å². The molecule has 244 valence electrons. The van der Waals surface area contributed by atoms with Crippen molar-refractivity contribution < 1.29 is 20.4 Å². The van der Waals surface area contributed by atoms with Crippen molar-refractivity contribution >= 4 is 0 Å². The van der Waals surface area contributed by atoms with E-state index in [1.54, 1.807) is 0 Å². The van der Waals surface area contributed by atoms with Gasteiger partial charge < -0.3 is 20.4 Å². The molecule has 40 heavy (non-hydrogen) atoms. The molecule has 4 N–H and O–H groups in total. The Morgan fingerprint density at radius 3 is 1.07 bits per heavy atom. The van der Waals surface area contributed by atoms with Crippen molar-refractivity contribution in [3.63, 3.8) is 0 Å². The fraction of sp³-hybridized carbons (Fsp3) is 1.00. The van der Waals surface area contributed by atoms with Gasteiger partial charge in [-0.05, 0) is 30.1 Å². The van der Waals surface area contributed by atoms with E-state index < -0.39 is 5.97 Å². The lowest BCUT2D eigenvalue weighted by molar-refractivity contribution is -0.319. The highest BCUT2D eigenvalue weighted by molar-refractivity contribution is 4.62. The minimum absolute atomic E-state index is 0.0370. The Morgan fingerprint density at radius 1 is 0.425 bits per heavy atom. The van der Waals surface area contributed by atoms with Gasteiger partial charge in [0.2, 0.25) is 0 Å². The molecule has 0 aromatic rings. The van der Waals surface area contributed by atoms with E-state index in [1.807, 2.05) is 6.92 Å². The minimum atomic E-state index is -2.50. The molecule has 0 amide bonds. The summed E-state index contributed by atoms with van der Waals surface area (Å²) in [6.45, 7) is 13.9. The molecule has 0 bridgehead atoms. The maximum Gasteiger partial charge on any atom is 0.275 e. The van der Waals surface area contributed by atoms with Crippen LogP contribution in [0.2, 0.25) is 0 Å². The van der Waals surface area contributed by atoms with Crippen LogP contribution in [0.5, 0.6) is 0 Å². The Bertz CT molecular complexity index is 460. The normalized spacial score (nSPS) is 14.2. The van der Waals surface area contributed by atoms with Gasteiger partial charge in [0.25, 0.3) is 5.97 Å². The summed E-state index contributed by atoms with van der Waals surface area (Å²) in [4.78, 5) is 0. The zero-order valence-electron chi connectivity index (χ0n) is 28.3. The number of rotatable bonds is 28. The van der Waals surface area contributed by atoms with Crippen LogP contribution >= 0.6 is 0 Å². The van der Waals surface area contributed by atoms with Crippen molar-refractivity contribution in [3.8, 4) is 0 Å². The smallest absolute Gasteiger partial charge is 0.275 e. The summed E-state index contributed by atoms with van der Waals surface area (Å²) in [6, 6.07) is 0. The fourth-order valence-electron chi connectivity index (χ4n) is 5.67. The van der Waals surface area contributed by atoms with E-state index >= 15 is 0 Å². The summed E-state index contributed by atoms with van der Waals surface area (Å²) in [6.07, 6.45) is 30.6. The van der Waals surface area contributed by atoms with Crippen LogP contribution in [0.1, 0.15) is 196 Å². The zero-order chi connectivity index (χ0) is 30.5. The summed E-state index contributed by atoms with van der Waals surface area (Å²) in [5, 5.41) is 35.5. The summed E-state index contributed by atoms with van der Waals surface area (Å²) < 4.78 is 0. The maximum atomic E-state index is 8.97. The molecule has 0 aromatic carbocycles. The summed E-state index contributed by atoms with van der Waals surface area (Å²) in [5.74, 6) is 0.0666. The highest BCUT2D eigenvalue weighted by atomic mass is 16.7. The first-order valence-electron chi connectivity index (χ1n) is 17.8. The van der Waals surface area contributed by atoms with Gasteiger partial charge in [-0.3, -0.25) is 0 Å². The molecule has 0 aliphatic carbocycles. The molecule has 0 spiro atoms. The van der Waals surface area contributed by atoms with Crippen LogP contribution in [0, 0.1) is 23.7 Å². The number of unbranched alkanes of at least 4 members (excludes halogenated alkanes) is 13. The van der Waals surface area contributed by atoms with Crippen LogP contribution in [0.25, 0.3) is 0 Å². The van der Waals surface area contributed by atoms with Crippen molar-refractivity contribution in [2.75, 3.05) is 6.61 Å². The Hall–Kier alpha value is -0.160. The SMILES string of the molecule is CC(C)CCCC(C)CCCC(C)CCCC(C)CC(O)(O)O.CCCCCCCCCCCCCCCCO. The molecule has 0 saturated carbocycles. The van der Waals surface area contributed by atoms with Crippen molar-refractivity contribution in [3.05, 3.63) is 0 Å². The molecule has 0 fully saturated rings. The van der Waals surface area contributed by atoms with Crippen LogP contribution < -0.4 is 0 Å². The standard InChI is InChI=1S/C20H42O3.C16H34O/c1-16(2)9-6-10-17(3)11-7-12-18(4)13-8-14-19(5)15-20(21,22)23;1-2-3-4-5-6-7-8-9-10-11-12-13-14-15-16-17/h16-19,21-23H,6-15H2,1-5H3;17H,2-16H2,1H3. The average molecular weight is 573 g/mol. The Labute approximate surface area is 252 Å². The average Bonchev–Trinajstić information content (AvgIpc) is 2.86. The molecule has 4 heteroatoms. The van der Waals surface area contributed by atoms with Gasteiger partial charge in [-0.2, -0.15) is 0 Å². The molecule has 0 radical (unpaired) electrons. The summed E-state index contributed by atoms with van der Waals surface area (Å²) in [7, 11) is 0. The summed E-state index contributed by atoms with van der Waals surface area (Å²) in [5.41, 5.74) is 0. The third-order valence-corrected chi connectivity index (χ3v) is 8.40. The quantitative estimate of drug-likeness (QED) is 0.0555. The summed E-state index contributed by atoms with van der Waals surface area (Å²) >= 11 is 0. The fourth-order valence-corrected chi connectivity index (χ4v) is 5.67. The van der Waals surface area contributed by atoms with Gasteiger partial charge in [-0.1, -0.05) is 183 Å². The Kier molecular flexibility index (Phi) is 31.8. The largest absolute Gasteiger partial charge is 0.396 e. The van der Waals surface area contributed by atoms with E-state index in [4.69, 9.17) is 20.4 Å². The lowest BCUT2D eigenvalue weighted by Gasteiger charge is -2.20. The topological polar surface area (TPSA) is 80.9 Å². The first kappa shape index (κ1) is 42.0. The maximum absolute atomic E-state index is 8.97. The van der Waals surface area contributed by atoms with E-state index in [1.165, 1.54) is 128 Å². The zero-order valence-corrected chi connectivity index (χ0v) is 28.3. The molecule has 0 aliphatic rings. The molecule has 3 unspecified atom stereocenters. The second-order valence-corrected chi connectivity index (χ2v) is 13.8. The van der Waals surface area contributed by atoms with Crippen LogP contribution in [0.15, 0.2) is 0 Å². The molecular weight excluding hydrogens is 496 g/mol. The number of aliphatic hydroxyl groups is 4. The molecular formula is C36H76O4.